The molecule has 0 spiro atoms. The minimum atomic E-state index is 0. The van der Waals surface area contributed by atoms with Crippen molar-refractivity contribution in [3.8, 4) is 0 Å². The van der Waals surface area contributed by atoms with Crippen molar-refractivity contribution in [2.45, 2.75) is 31.7 Å². The molecule has 1 aliphatic heterocycles. The molecule has 0 radical (unpaired) electrons. The highest BCUT2D eigenvalue weighted by atomic mass is 35.5. The van der Waals surface area contributed by atoms with Gasteiger partial charge in [0.05, 0.1) is 0 Å². The van der Waals surface area contributed by atoms with Crippen LogP contribution < -0.4 is 11.1 Å². The van der Waals surface area contributed by atoms with Crippen LogP contribution in [0.5, 0.6) is 0 Å². The maximum atomic E-state index is 12.5. The highest BCUT2D eigenvalue weighted by Gasteiger charge is 2.26. The number of benzene rings is 1. The Balaban J connectivity index is 0.00000182. The second kappa shape index (κ2) is 10.9. The lowest BCUT2D eigenvalue weighted by Gasteiger charge is -2.32. The SMILES string of the molecule is CN1CCN(C(=O)c2ccc(NC(=O)C[C@@H]3CCC[C@H]3N)cc2)CC1.Cl.Cl. The number of nitrogens with two attached hydrogens (primary N) is 1. The number of carbonyl (C=O) groups is 2. The third-order valence-corrected chi connectivity index (χ3v) is 5.37. The first-order valence-corrected chi connectivity index (χ1v) is 9.16. The minimum absolute atomic E-state index is 0. The molecule has 1 aromatic rings. The molecule has 0 bridgehead atoms. The molecule has 0 aromatic heterocycles. The first-order chi connectivity index (χ1) is 12.0. The molecule has 2 fully saturated rings. The maximum Gasteiger partial charge on any atom is 0.253 e. The fraction of sp³-hybridized carbons (Fsp3) is 0.579. The highest BCUT2D eigenvalue weighted by Crippen LogP contribution is 2.27. The molecule has 152 valence electrons. The number of hydrogen-bond donors (Lipinski definition) is 2. The Morgan fingerprint density at radius 2 is 1.70 bits per heavy atom. The maximum absolute atomic E-state index is 12.5. The van der Waals surface area contributed by atoms with E-state index in [1.165, 1.54) is 0 Å². The Morgan fingerprint density at radius 1 is 1.07 bits per heavy atom. The first-order valence-electron chi connectivity index (χ1n) is 9.16. The molecular weight excluding hydrogens is 387 g/mol. The molecule has 1 aliphatic carbocycles. The molecule has 8 heteroatoms. The van der Waals surface area contributed by atoms with Crippen LogP contribution >= 0.6 is 24.8 Å². The van der Waals surface area contributed by atoms with Crippen LogP contribution in [0.1, 0.15) is 36.0 Å². The summed E-state index contributed by atoms with van der Waals surface area (Å²) in [6.07, 6.45) is 3.64. The van der Waals surface area contributed by atoms with E-state index in [2.05, 4.69) is 17.3 Å². The van der Waals surface area contributed by atoms with E-state index in [0.29, 0.717) is 12.0 Å². The van der Waals surface area contributed by atoms with Gasteiger partial charge in [0.1, 0.15) is 0 Å². The quantitative estimate of drug-likeness (QED) is 0.789. The van der Waals surface area contributed by atoms with Crippen molar-refractivity contribution in [2.24, 2.45) is 11.7 Å². The normalized spacial score (nSPS) is 22.5. The molecule has 3 N–H and O–H groups in total. The minimum Gasteiger partial charge on any atom is -0.336 e. The third-order valence-electron chi connectivity index (χ3n) is 5.37. The largest absolute Gasteiger partial charge is 0.336 e. The molecule has 2 atom stereocenters. The molecule has 1 heterocycles. The number of amides is 2. The molecule has 1 saturated carbocycles. The lowest BCUT2D eigenvalue weighted by atomic mass is 10.00. The van der Waals surface area contributed by atoms with Gasteiger partial charge in [-0.1, -0.05) is 6.42 Å². The lowest BCUT2D eigenvalue weighted by Crippen LogP contribution is -2.47. The smallest absolute Gasteiger partial charge is 0.253 e. The number of rotatable bonds is 4. The fourth-order valence-corrected chi connectivity index (χ4v) is 3.66. The fourth-order valence-electron chi connectivity index (χ4n) is 3.66. The van der Waals surface area contributed by atoms with E-state index in [-0.39, 0.29) is 48.6 Å². The third kappa shape index (κ3) is 6.35. The number of carbonyl (C=O) groups excluding carboxylic acids is 2. The summed E-state index contributed by atoms with van der Waals surface area (Å²) in [5.41, 5.74) is 7.42. The van der Waals surface area contributed by atoms with Gasteiger partial charge in [0.15, 0.2) is 0 Å². The zero-order chi connectivity index (χ0) is 17.8. The number of nitrogens with zero attached hydrogens (tertiary/aromatic N) is 2. The summed E-state index contributed by atoms with van der Waals surface area (Å²) < 4.78 is 0. The number of anilines is 1. The summed E-state index contributed by atoms with van der Waals surface area (Å²) in [4.78, 5) is 28.8. The van der Waals surface area contributed by atoms with Crippen molar-refractivity contribution in [2.75, 3.05) is 38.5 Å². The van der Waals surface area contributed by atoms with Crippen molar-refractivity contribution in [1.82, 2.24) is 9.80 Å². The van der Waals surface area contributed by atoms with Crippen LogP contribution in [-0.4, -0.2) is 60.9 Å². The number of piperazine rings is 1. The van der Waals surface area contributed by atoms with E-state index in [4.69, 9.17) is 5.73 Å². The van der Waals surface area contributed by atoms with Crippen LogP contribution in [0, 0.1) is 5.92 Å². The van der Waals surface area contributed by atoms with Crippen molar-refractivity contribution >= 4 is 42.3 Å². The zero-order valence-corrected chi connectivity index (χ0v) is 17.4. The highest BCUT2D eigenvalue weighted by molar-refractivity contribution is 5.96. The summed E-state index contributed by atoms with van der Waals surface area (Å²) in [5, 5.41) is 2.91. The summed E-state index contributed by atoms with van der Waals surface area (Å²) in [5.74, 6) is 0.349. The molecule has 27 heavy (non-hydrogen) atoms. The van der Waals surface area contributed by atoms with E-state index in [9.17, 15) is 9.59 Å². The molecular formula is C19H30Cl2N4O2. The second-order valence-corrected chi connectivity index (χ2v) is 7.28. The number of nitrogens with one attached hydrogen (secondary N) is 1. The Kier molecular flexibility index (Phi) is 9.53. The van der Waals surface area contributed by atoms with Crippen LogP contribution in [0.2, 0.25) is 0 Å². The summed E-state index contributed by atoms with van der Waals surface area (Å²) >= 11 is 0. The van der Waals surface area contributed by atoms with E-state index in [0.717, 1.165) is 51.1 Å². The van der Waals surface area contributed by atoms with Gasteiger partial charge in [-0.2, -0.15) is 0 Å². The van der Waals surface area contributed by atoms with Gasteiger partial charge in [-0.15, -0.1) is 24.8 Å². The molecule has 0 unspecified atom stereocenters. The number of likely N-dealkylation sites (N-methyl/N-ethyl adjacent to an activating group) is 1. The molecule has 2 aliphatic rings. The predicted molar refractivity (Wildman–Crippen MR) is 113 cm³/mol. The van der Waals surface area contributed by atoms with Crippen molar-refractivity contribution in [3.05, 3.63) is 29.8 Å². The number of halogens is 2. The van der Waals surface area contributed by atoms with E-state index >= 15 is 0 Å². The van der Waals surface area contributed by atoms with Crippen molar-refractivity contribution in [1.29, 1.82) is 0 Å². The Hall–Kier alpha value is -1.34. The van der Waals surface area contributed by atoms with E-state index < -0.39 is 0 Å². The van der Waals surface area contributed by atoms with Gasteiger partial charge < -0.3 is 20.9 Å². The Morgan fingerprint density at radius 3 is 2.26 bits per heavy atom. The Labute approximate surface area is 173 Å². The van der Waals surface area contributed by atoms with Gasteiger partial charge in [0.25, 0.3) is 5.91 Å². The summed E-state index contributed by atoms with van der Waals surface area (Å²) in [6, 6.07) is 7.33. The topological polar surface area (TPSA) is 78.7 Å². The summed E-state index contributed by atoms with van der Waals surface area (Å²) in [6.45, 7) is 3.33. The number of hydrogen-bond acceptors (Lipinski definition) is 4. The van der Waals surface area contributed by atoms with Crippen LogP contribution in [0.25, 0.3) is 0 Å². The lowest BCUT2D eigenvalue weighted by molar-refractivity contribution is -0.117. The summed E-state index contributed by atoms with van der Waals surface area (Å²) in [7, 11) is 2.07. The molecule has 1 aromatic carbocycles. The van der Waals surface area contributed by atoms with Gasteiger partial charge in [-0.25, -0.2) is 0 Å². The first kappa shape index (κ1) is 23.7. The van der Waals surface area contributed by atoms with Crippen LogP contribution in [0.3, 0.4) is 0 Å². The molecule has 1 saturated heterocycles. The van der Waals surface area contributed by atoms with Gasteiger partial charge in [-0.05, 0) is 50.1 Å². The molecule has 3 rings (SSSR count). The van der Waals surface area contributed by atoms with Crippen LogP contribution in [0.4, 0.5) is 5.69 Å². The van der Waals surface area contributed by atoms with Crippen LogP contribution in [0.15, 0.2) is 24.3 Å². The average Bonchev–Trinajstić information content (AvgIpc) is 3.00. The molecule has 2 amide bonds. The van der Waals surface area contributed by atoms with Crippen LogP contribution in [-0.2, 0) is 4.79 Å². The van der Waals surface area contributed by atoms with E-state index in [1.807, 2.05) is 4.90 Å². The Bertz CT molecular complexity index is 619. The van der Waals surface area contributed by atoms with Crippen molar-refractivity contribution in [3.63, 3.8) is 0 Å². The van der Waals surface area contributed by atoms with Gasteiger partial charge in [0.2, 0.25) is 5.91 Å². The van der Waals surface area contributed by atoms with Gasteiger partial charge in [0, 0.05) is 49.9 Å². The predicted octanol–water partition coefficient (Wildman–Crippen LogP) is 2.37. The standard InChI is InChI=1S/C19H28N4O2.2ClH/c1-22-9-11-23(12-10-22)19(25)14-5-7-16(8-6-14)21-18(24)13-15-3-2-4-17(15)20;;/h5-8,15,17H,2-4,9-13,20H2,1H3,(H,21,24);2*1H/t15-,17+;;/m0../s1. The van der Waals surface area contributed by atoms with Crippen molar-refractivity contribution < 1.29 is 9.59 Å². The van der Waals surface area contributed by atoms with E-state index in [1.54, 1.807) is 24.3 Å². The average molecular weight is 417 g/mol. The second-order valence-electron chi connectivity index (χ2n) is 7.28. The van der Waals surface area contributed by atoms with Gasteiger partial charge >= 0.3 is 0 Å². The molecule has 6 nitrogen and oxygen atoms in total. The van der Waals surface area contributed by atoms with Gasteiger partial charge in [-0.3, -0.25) is 9.59 Å². The zero-order valence-electron chi connectivity index (χ0n) is 15.7. The monoisotopic (exact) mass is 416 g/mol.